The number of aromatic amines is 1. The predicted octanol–water partition coefficient (Wildman–Crippen LogP) is 3.59. The summed E-state index contributed by atoms with van der Waals surface area (Å²) >= 11 is 0. The third-order valence-corrected chi connectivity index (χ3v) is 5.14. The third-order valence-electron chi connectivity index (χ3n) is 3.46. The van der Waals surface area contributed by atoms with Gasteiger partial charge in [0, 0.05) is 17.1 Å². The van der Waals surface area contributed by atoms with Crippen molar-refractivity contribution in [2.24, 2.45) is 0 Å². The molecule has 0 fully saturated rings. The van der Waals surface area contributed by atoms with Crippen LogP contribution in [0.2, 0.25) is 0 Å². The maximum atomic E-state index is 13.1. The fourth-order valence-corrected chi connectivity index (χ4v) is 3.68. The van der Waals surface area contributed by atoms with Crippen LogP contribution < -0.4 is 0 Å². The number of nitrogens with one attached hydrogen (secondary N) is 1. The summed E-state index contributed by atoms with van der Waals surface area (Å²) in [5.41, 5.74) is 2.26. The molecule has 3 nitrogen and oxygen atoms in total. The maximum Gasteiger partial charge on any atom is 0.182 e. The lowest BCUT2D eigenvalue weighted by Crippen LogP contribution is -2.04. The van der Waals surface area contributed by atoms with Crippen LogP contribution in [-0.2, 0) is 15.6 Å². The molecule has 0 unspecified atom stereocenters. The Morgan fingerprint density at radius 2 is 1.81 bits per heavy atom. The van der Waals surface area contributed by atoms with E-state index in [9.17, 15) is 12.8 Å². The van der Waals surface area contributed by atoms with E-state index in [0.29, 0.717) is 16.0 Å². The molecule has 0 spiro atoms. The number of fused-ring (bicyclic) bond motifs is 1. The molecule has 0 saturated heterocycles. The lowest BCUT2D eigenvalue weighted by Gasteiger charge is -2.04. The van der Waals surface area contributed by atoms with Gasteiger partial charge in [0.2, 0.25) is 0 Å². The monoisotopic (exact) mass is 303 g/mol. The molecular weight excluding hydrogens is 289 g/mol. The molecule has 1 aromatic heterocycles. The molecule has 5 heteroatoms. The van der Waals surface area contributed by atoms with Crippen LogP contribution in [0.25, 0.3) is 10.9 Å². The summed E-state index contributed by atoms with van der Waals surface area (Å²) in [5.74, 6) is -0.459. The quantitative estimate of drug-likeness (QED) is 0.804. The highest BCUT2D eigenvalue weighted by molar-refractivity contribution is 7.90. The van der Waals surface area contributed by atoms with Crippen molar-refractivity contribution in [3.05, 3.63) is 65.6 Å². The fourth-order valence-electron chi connectivity index (χ4n) is 2.31. The fraction of sp³-hybridized carbons (Fsp3) is 0.125. The number of aromatic nitrogens is 1. The lowest BCUT2D eigenvalue weighted by atomic mass is 10.2. The van der Waals surface area contributed by atoms with Crippen LogP contribution in [-0.4, -0.2) is 13.4 Å². The number of rotatable bonds is 3. The Balaban J connectivity index is 1.99. The van der Waals surface area contributed by atoms with Gasteiger partial charge >= 0.3 is 0 Å². The molecule has 3 aromatic rings. The number of halogens is 1. The summed E-state index contributed by atoms with van der Waals surface area (Å²) in [5, 5.41) is 0.729. The van der Waals surface area contributed by atoms with Crippen LogP contribution >= 0.6 is 0 Å². The van der Waals surface area contributed by atoms with E-state index in [1.165, 1.54) is 12.1 Å². The molecule has 0 saturated carbocycles. The van der Waals surface area contributed by atoms with Gasteiger partial charge in [0.25, 0.3) is 0 Å². The van der Waals surface area contributed by atoms with Gasteiger partial charge in [-0.2, -0.15) is 0 Å². The zero-order valence-corrected chi connectivity index (χ0v) is 12.2. The summed E-state index contributed by atoms with van der Waals surface area (Å²) in [6.07, 6.45) is 1.62. The highest BCUT2D eigenvalue weighted by atomic mass is 32.2. The molecule has 0 radical (unpaired) electrons. The van der Waals surface area contributed by atoms with Crippen LogP contribution in [0.1, 0.15) is 11.1 Å². The second-order valence-corrected chi connectivity index (χ2v) is 7.07. The molecule has 21 heavy (non-hydrogen) atoms. The van der Waals surface area contributed by atoms with E-state index in [1.54, 1.807) is 36.5 Å². The molecule has 3 rings (SSSR count). The smallest absolute Gasteiger partial charge is 0.182 e. The Bertz CT molecular complexity index is 896. The van der Waals surface area contributed by atoms with Crippen LogP contribution in [0.4, 0.5) is 4.39 Å². The van der Waals surface area contributed by atoms with Gasteiger partial charge in [-0.15, -0.1) is 0 Å². The number of H-pyrrole nitrogens is 1. The number of aryl methyl sites for hydroxylation is 1. The van der Waals surface area contributed by atoms with Crippen molar-refractivity contribution in [2.45, 2.75) is 17.6 Å². The van der Waals surface area contributed by atoms with E-state index in [1.807, 2.05) is 6.92 Å². The summed E-state index contributed by atoms with van der Waals surface area (Å²) in [6.45, 7) is 1.91. The van der Waals surface area contributed by atoms with E-state index in [2.05, 4.69) is 4.98 Å². The molecule has 0 amide bonds. The topological polar surface area (TPSA) is 49.9 Å². The van der Waals surface area contributed by atoms with Crippen molar-refractivity contribution >= 4 is 20.7 Å². The summed E-state index contributed by atoms with van der Waals surface area (Å²) < 4.78 is 38.0. The number of sulfone groups is 1. The number of benzene rings is 2. The lowest BCUT2D eigenvalue weighted by molar-refractivity contribution is 0.595. The van der Waals surface area contributed by atoms with E-state index in [4.69, 9.17) is 0 Å². The Hall–Kier alpha value is -2.14. The van der Waals surface area contributed by atoms with E-state index in [0.717, 1.165) is 10.9 Å². The molecule has 0 bridgehead atoms. The Morgan fingerprint density at radius 3 is 2.52 bits per heavy atom. The van der Waals surface area contributed by atoms with Crippen molar-refractivity contribution in [2.75, 3.05) is 0 Å². The van der Waals surface area contributed by atoms with Crippen LogP contribution in [0, 0.1) is 12.7 Å². The number of hydrogen-bond acceptors (Lipinski definition) is 2. The first kappa shape index (κ1) is 13.8. The van der Waals surface area contributed by atoms with Gasteiger partial charge in [-0.05, 0) is 42.8 Å². The van der Waals surface area contributed by atoms with Crippen molar-refractivity contribution in [3.63, 3.8) is 0 Å². The molecule has 2 aromatic carbocycles. The molecule has 0 aliphatic heterocycles. The molecule has 0 atom stereocenters. The second-order valence-electron chi connectivity index (χ2n) is 5.08. The van der Waals surface area contributed by atoms with Gasteiger partial charge in [-0.1, -0.05) is 17.7 Å². The maximum absolute atomic E-state index is 13.1. The van der Waals surface area contributed by atoms with Gasteiger partial charge in [-0.3, -0.25) is 0 Å². The first-order chi connectivity index (χ1) is 9.95. The Kier molecular flexibility index (Phi) is 3.29. The molecule has 0 aliphatic rings. The summed E-state index contributed by atoms with van der Waals surface area (Å²) in [6, 6.07) is 11.1. The van der Waals surface area contributed by atoms with Gasteiger partial charge in [0.05, 0.1) is 10.6 Å². The SMILES string of the molecule is Cc1ccc(S(=O)(=O)Cc2c[nH]c3cc(F)ccc23)cc1. The van der Waals surface area contributed by atoms with E-state index in [-0.39, 0.29) is 11.6 Å². The zero-order valence-electron chi connectivity index (χ0n) is 11.4. The van der Waals surface area contributed by atoms with Crippen molar-refractivity contribution < 1.29 is 12.8 Å². The van der Waals surface area contributed by atoms with Crippen LogP contribution in [0.5, 0.6) is 0 Å². The van der Waals surface area contributed by atoms with Crippen molar-refractivity contribution in [1.29, 1.82) is 0 Å². The first-order valence-corrected chi connectivity index (χ1v) is 8.16. The minimum atomic E-state index is -3.42. The number of hydrogen-bond donors (Lipinski definition) is 1. The van der Waals surface area contributed by atoms with Gasteiger partial charge in [0.1, 0.15) is 5.82 Å². The molecule has 1 heterocycles. The van der Waals surface area contributed by atoms with Crippen LogP contribution in [0.15, 0.2) is 53.6 Å². The molecule has 1 N–H and O–H groups in total. The zero-order chi connectivity index (χ0) is 15.0. The Morgan fingerprint density at radius 1 is 1.10 bits per heavy atom. The van der Waals surface area contributed by atoms with Crippen LogP contribution in [0.3, 0.4) is 0 Å². The highest BCUT2D eigenvalue weighted by Gasteiger charge is 2.17. The average Bonchev–Trinajstić information content (AvgIpc) is 2.81. The minimum absolute atomic E-state index is 0.109. The normalized spacial score (nSPS) is 11.9. The van der Waals surface area contributed by atoms with Crippen molar-refractivity contribution in [3.8, 4) is 0 Å². The highest BCUT2D eigenvalue weighted by Crippen LogP contribution is 2.24. The molecule has 0 aliphatic carbocycles. The standard InChI is InChI=1S/C16H14FNO2S/c1-11-2-5-14(6-3-11)21(19,20)10-12-9-18-16-8-13(17)4-7-15(12)16/h2-9,18H,10H2,1H3. The van der Waals surface area contributed by atoms with E-state index < -0.39 is 9.84 Å². The first-order valence-electron chi connectivity index (χ1n) is 6.51. The third kappa shape index (κ3) is 2.69. The van der Waals surface area contributed by atoms with E-state index >= 15 is 0 Å². The summed E-state index contributed by atoms with van der Waals surface area (Å²) in [7, 11) is -3.42. The van der Waals surface area contributed by atoms with Gasteiger partial charge in [0.15, 0.2) is 9.84 Å². The average molecular weight is 303 g/mol. The Labute approximate surface area is 122 Å². The second kappa shape index (κ2) is 5.00. The summed E-state index contributed by atoms with van der Waals surface area (Å²) in [4.78, 5) is 3.20. The van der Waals surface area contributed by atoms with Gasteiger partial charge in [-0.25, -0.2) is 12.8 Å². The molecular formula is C16H14FNO2S. The minimum Gasteiger partial charge on any atom is -0.361 e. The van der Waals surface area contributed by atoms with Crippen molar-refractivity contribution in [1.82, 2.24) is 4.98 Å². The van der Waals surface area contributed by atoms with Gasteiger partial charge < -0.3 is 4.98 Å². The predicted molar refractivity (Wildman–Crippen MR) is 80.3 cm³/mol. The largest absolute Gasteiger partial charge is 0.361 e. The molecule has 108 valence electrons.